The molecule has 31 heavy (non-hydrogen) atoms. The largest absolute Gasteiger partial charge is 1.00 e. The molecule has 164 valence electrons. The van der Waals surface area contributed by atoms with Crippen molar-refractivity contribution in [1.82, 2.24) is 0 Å². The molecule has 3 rings (SSSR count). The molecule has 1 unspecified atom stereocenters. The monoisotopic (exact) mass is 498 g/mol. The molecule has 3 aromatic carbocycles. The van der Waals surface area contributed by atoms with Gasteiger partial charge in [-0.05, 0) is 62.1 Å². The first-order valence-corrected chi connectivity index (χ1v) is 12.9. The lowest BCUT2D eigenvalue weighted by molar-refractivity contribution is -0.142. The van der Waals surface area contributed by atoms with Crippen molar-refractivity contribution in [3.8, 4) is 0 Å². The van der Waals surface area contributed by atoms with Crippen LogP contribution in [0.3, 0.4) is 0 Å². The molecule has 0 aromatic heterocycles. The molecule has 0 fully saturated rings. The minimum absolute atomic E-state index is 0. The Bertz CT molecular complexity index is 804. The predicted octanol–water partition coefficient (Wildman–Crippen LogP) is 2.66. The topological polar surface area (TPSA) is 37.3 Å². The molecular weight excluding hydrogens is 467 g/mol. The van der Waals surface area contributed by atoms with Crippen LogP contribution in [-0.4, -0.2) is 17.2 Å². The van der Waals surface area contributed by atoms with Crippen molar-refractivity contribution in [1.29, 1.82) is 0 Å². The fraction of sp³-hybridized carbons (Fsp3) is 0.296. The molecule has 0 heterocycles. The van der Waals surface area contributed by atoms with E-state index in [0.717, 1.165) is 31.8 Å². The fourth-order valence-electron chi connectivity index (χ4n) is 4.30. The van der Waals surface area contributed by atoms with Crippen molar-refractivity contribution >= 4 is 29.1 Å². The van der Waals surface area contributed by atoms with Crippen molar-refractivity contribution in [3.63, 3.8) is 0 Å². The van der Waals surface area contributed by atoms with Crippen LogP contribution < -0.4 is 32.9 Å². The smallest absolute Gasteiger partial charge is 0.306 e. The average Bonchev–Trinajstić information content (AvgIpc) is 2.80. The van der Waals surface area contributed by atoms with Crippen molar-refractivity contribution in [2.45, 2.75) is 39.0 Å². The molecular formula is C27H32BrO2P. The van der Waals surface area contributed by atoms with Gasteiger partial charge in [0.15, 0.2) is 0 Å². The van der Waals surface area contributed by atoms with Gasteiger partial charge in [0.25, 0.3) is 0 Å². The van der Waals surface area contributed by atoms with Crippen LogP contribution in [0.25, 0.3) is 0 Å². The van der Waals surface area contributed by atoms with Crippen LogP contribution >= 0.6 is 7.26 Å². The van der Waals surface area contributed by atoms with Crippen LogP contribution in [0.1, 0.15) is 39.0 Å². The minimum atomic E-state index is -1.76. The average molecular weight is 499 g/mol. The first kappa shape index (κ1) is 25.3. The number of unbranched alkanes of at least 4 members (excludes halogenated alkanes) is 2. The van der Waals surface area contributed by atoms with Gasteiger partial charge in [0.1, 0.15) is 23.2 Å². The summed E-state index contributed by atoms with van der Waals surface area (Å²) in [5, 5.41) is 13.6. The van der Waals surface area contributed by atoms with Crippen LogP contribution in [0.15, 0.2) is 91.0 Å². The van der Waals surface area contributed by atoms with Crippen LogP contribution in [-0.2, 0) is 4.79 Å². The molecule has 0 radical (unpaired) electrons. The normalized spacial score (nSPS) is 12.0. The molecule has 0 aliphatic carbocycles. The van der Waals surface area contributed by atoms with Crippen molar-refractivity contribution in [2.75, 3.05) is 6.16 Å². The zero-order chi connectivity index (χ0) is 21.2. The summed E-state index contributed by atoms with van der Waals surface area (Å²) in [7, 11) is -1.76. The van der Waals surface area contributed by atoms with E-state index in [2.05, 4.69) is 91.0 Å². The second-order valence-corrected chi connectivity index (χ2v) is 11.4. The summed E-state index contributed by atoms with van der Waals surface area (Å²) >= 11 is 0. The molecule has 0 aliphatic heterocycles. The van der Waals surface area contributed by atoms with Gasteiger partial charge in [0, 0.05) is 0 Å². The third-order valence-electron chi connectivity index (χ3n) is 5.98. The number of carboxylic acids is 1. The predicted molar refractivity (Wildman–Crippen MR) is 130 cm³/mol. The van der Waals surface area contributed by atoms with E-state index in [0.29, 0.717) is 6.42 Å². The van der Waals surface area contributed by atoms with Crippen molar-refractivity contribution in [3.05, 3.63) is 91.0 Å². The zero-order valence-electron chi connectivity index (χ0n) is 18.2. The highest BCUT2D eigenvalue weighted by atomic mass is 79.9. The Morgan fingerprint density at radius 3 is 1.52 bits per heavy atom. The van der Waals surface area contributed by atoms with E-state index in [1.165, 1.54) is 15.9 Å². The number of hydrogen-bond donors (Lipinski definition) is 1. The van der Waals surface area contributed by atoms with Crippen molar-refractivity contribution < 1.29 is 26.9 Å². The summed E-state index contributed by atoms with van der Waals surface area (Å²) in [6.07, 6.45) is 5.74. The van der Waals surface area contributed by atoms with Crippen LogP contribution in [0.5, 0.6) is 0 Å². The van der Waals surface area contributed by atoms with Crippen LogP contribution in [0.2, 0.25) is 0 Å². The number of aliphatic carboxylic acids is 1. The SMILES string of the molecule is CCC(CCCCC[P+](c1ccccc1)(c1ccccc1)c1ccccc1)C(=O)O.[Br-]. The fourth-order valence-corrected chi connectivity index (χ4v) is 8.71. The Morgan fingerprint density at radius 2 is 1.16 bits per heavy atom. The molecule has 4 heteroatoms. The highest BCUT2D eigenvalue weighted by Crippen LogP contribution is 2.56. The number of halogens is 1. The molecule has 0 amide bonds. The Labute approximate surface area is 197 Å². The number of carboxylic acid groups (broad SMARTS) is 1. The maximum absolute atomic E-state index is 11.3. The van der Waals surface area contributed by atoms with Gasteiger partial charge < -0.3 is 22.1 Å². The quantitative estimate of drug-likeness (QED) is 0.326. The van der Waals surface area contributed by atoms with E-state index in [-0.39, 0.29) is 22.9 Å². The summed E-state index contributed by atoms with van der Waals surface area (Å²) < 4.78 is 0. The second-order valence-electron chi connectivity index (χ2n) is 7.83. The zero-order valence-corrected chi connectivity index (χ0v) is 20.6. The third-order valence-corrected chi connectivity index (χ3v) is 10.5. The molecule has 1 atom stereocenters. The van der Waals surface area contributed by atoms with E-state index in [1.807, 2.05) is 6.92 Å². The molecule has 2 nitrogen and oxygen atoms in total. The molecule has 0 aliphatic rings. The molecule has 0 saturated carbocycles. The molecule has 0 spiro atoms. The van der Waals surface area contributed by atoms with Gasteiger partial charge in [-0.3, -0.25) is 4.79 Å². The van der Waals surface area contributed by atoms with Gasteiger partial charge in [0.2, 0.25) is 0 Å². The van der Waals surface area contributed by atoms with Gasteiger partial charge in [-0.2, -0.15) is 0 Å². The molecule has 1 N–H and O–H groups in total. The van der Waals surface area contributed by atoms with Gasteiger partial charge >= 0.3 is 5.97 Å². The lowest BCUT2D eigenvalue weighted by atomic mass is 9.99. The maximum Gasteiger partial charge on any atom is 0.306 e. The summed E-state index contributed by atoms with van der Waals surface area (Å²) in [6, 6.07) is 32.8. The highest BCUT2D eigenvalue weighted by molar-refractivity contribution is 7.95. The highest BCUT2D eigenvalue weighted by Gasteiger charge is 2.44. The molecule has 3 aromatic rings. The van der Waals surface area contributed by atoms with E-state index in [1.54, 1.807) is 0 Å². The number of carbonyl (C=O) groups is 1. The van der Waals surface area contributed by atoms with Crippen LogP contribution in [0, 0.1) is 5.92 Å². The Morgan fingerprint density at radius 1 is 0.742 bits per heavy atom. The summed E-state index contributed by atoms with van der Waals surface area (Å²) in [6.45, 7) is 1.97. The van der Waals surface area contributed by atoms with E-state index in [4.69, 9.17) is 0 Å². The first-order valence-electron chi connectivity index (χ1n) is 11.0. The van der Waals surface area contributed by atoms with Crippen molar-refractivity contribution in [2.24, 2.45) is 5.92 Å². The summed E-state index contributed by atoms with van der Waals surface area (Å²) in [4.78, 5) is 11.3. The number of rotatable bonds is 11. The maximum atomic E-state index is 11.3. The Kier molecular flexibility index (Phi) is 10.4. The lowest BCUT2D eigenvalue weighted by Gasteiger charge is -2.27. The molecule has 0 saturated heterocycles. The van der Waals surface area contributed by atoms with Gasteiger partial charge in [-0.15, -0.1) is 0 Å². The second kappa shape index (κ2) is 12.8. The van der Waals surface area contributed by atoms with Gasteiger partial charge in [-0.1, -0.05) is 67.9 Å². The third kappa shape index (κ3) is 6.28. The van der Waals surface area contributed by atoms with E-state index in [9.17, 15) is 9.90 Å². The molecule has 0 bridgehead atoms. The van der Waals surface area contributed by atoms with Crippen LogP contribution in [0.4, 0.5) is 0 Å². The Hall–Kier alpha value is -1.96. The summed E-state index contributed by atoms with van der Waals surface area (Å²) in [5.74, 6) is -0.862. The first-order chi connectivity index (χ1) is 14.7. The van der Waals surface area contributed by atoms with Gasteiger partial charge in [0.05, 0.1) is 12.1 Å². The standard InChI is InChI=1S/C27H31O2P.BrH/c1-2-23(27(28)29)15-7-6-14-22-30(24-16-8-3-9-17-24,25-18-10-4-11-19-25)26-20-12-5-13-21-26;/h3-5,8-13,16-21,23H,2,6-7,14-15,22H2,1H3;1H. The minimum Gasteiger partial charge on any atom is -1.00 e. The Balaban J connectivity index is 0.00000341. The number of benzene rings is 3. The lowest BCUT2D eigenvalue weighted by Crippen LogP contribution is -3.00. The van der Waals surface area contributed by atoms with E-state index < -0.39 is 13.2 Å². The van der Waals surface area contributed by atoms with Gasteiger partial charge in [-0.25, -0.2) is 0 Å². The summed E-state index contributed by atoms with van der Waals surface area (Å²) in [5.41, 5.74) is 0. The number of hydrogen-bond acceptors (Lipinski definition) is 1. The van der Waals surface area contributed by atoms with E-state index >= 15 is 0 Å².